The Balaban J connectivity index is 1.79. The topological polar surface area (TPSA) is 87.2 Å². The lowest BCUT2D eigenvalue weighted by molar-refractivity contribution is -0.146. The Labute approximate surface area is 153 Å². The molecule has 1 N–H and O–H groups in total. The Morgan fingerprint density at radius 2 is 1.88 bits per heavy atom. The van der Waals surface area contributed by atoms with Gasteiger partial charge in [0, 0.05) is 20.1 Å². The van der Waals surface area contributed by atoms with Crippen LogP contribution in [-0.2, 0) is 14.4 Å². The van der Waals surface area contributed by atoms with E-state index in [1.807, 2.05) is 32.0 Å². The molecule has 2 amide bonds. The van der Waals surface area contributed by atoms with Gasteiger partial charge in [0.1, 0.15) is 5.75 Å². The highest BCUT2D eigenvalue weighted by Gasteiger charge is 2.27. The molecule has 0 bridgehead atoms. The number of benzene rings is 1. The van der Waals surface area contributed by atoms with Gasteiger partial charge in [-0.1, -0.05) is 17.7 Å². The second-order valence-electron chi connectivity index (χ2n) is 6.80. The van der Waals surface area contributed by atoms with E-state index >= 15 is 0 Å². The van der Waals surface area contributed by atoms with Gasteiger partial charge in [-0.2, -0.15) is 0 Å². The van der Waals surface area contributed by atoms with Crippen molar-refractivity contribution in [2.45, 2.75) is 26.7 Å². The van der Waals surface area contributed by atoms with Crippen LogP contribution in [0.4, 0.5) is 0 Å². The minimum absolute atomic E-state index is 0.0349. The average Bonchev–Trinajstić information content (AvgIpc) is 2.60. The number of ether oxygens (including phenoxy) is 1. The van der Waals surface area contributed by atoms with Gasteiger partial charge in [-0.15, -0.1) is 0 Å². The number of carbonyl (C=O) groups excluding carboxylic acids is 2. The van der Waals surface area contributed by atoms with E-state index in [-0.39, 0.29) is 30.9 Å². The highest BCUT2D eigenvalue weighted by atomic mass is 16.5. The molecule has 0 aliphatic carbocycles. The van der Waals surface area contributed by atoms with E-state index in [0.717, 1.165) is 11.1 Å². The summed E-state index contributed by atoms with van der Waals surface area (Å²) in [7, 11) is 1.57. The van der Waals surface area contributed by atoms with E-state index in [4.69, 9.17) is 9.84 Å². The zero-order chi connectivity index (χ0) is 19.3. The molecule has 1 heterocycles. The van der Waals surface area contributed by atoms with Gasteiger partial charge in [-0.25, -0.2) is 0 Å². The first-order valence-corrected chi connectivity index (χ1v) is 8.72. The van der Waals surface area contributed by atoms with Crippen LogP contribution in [0.5, 0.6) is 5.75 Å². The predicted octanol–water partition coefficient (Wildman–Crippen LogP) is 1.46. The van der Waals surface area contributed by atoms with E-state index in [9.17, 15) is 14.4 Å². The number of carboxylic acid groups (broad SMARTS) is 1. The number of amides is 2. The second kappa shape index (κ2) is 8.69. The van der Waals surface area contributed by atoms with E-state index in [1.165, 1.54) is 4.90 Å². The first kappa shape index (κ1) is 19.8. The van der Waals surface area contributed by atoms with Gasteiger partial charge < -0.3 is 19.6 Å². The molecule has 26 heavy (non-hydrogen) atoms. The maximum atomic E-state index is 12.3. The van der Waals surface area contributed by atoms with E-state index in [2.05, 4.69) is 0 Å². The fourth-order valence-electron chi connectivity index (χ4n) is 2.98. The fraction of sp³-hybridized carbons (Fsp3) is 0.526. The molecule has 0 radical (unpaired) electrons. The summed E-state index contributed by atoms with van der Waals surface area (Å²) in [4.78, 5) is 38.4. The van der Waals surface area contributed by atoms with Gasteiger partial charge in [0.15, 0.2) is 6.61 Å². The van der Waals surface area contributed by atoms with Crippen molar-refractivity contribution < 1.29 is 24.2 Å². The first-order valence-electron chi connectivity index (χ1n) is 8.72. The van der Waals surface area contributed by atoms with Crippen LogP contribution < -0.4 is 4.74 Å². The molecular weight excluding hydrogens is 336 g/mol. The third-order valence-corrected chi connectivity index (χ3v) is 4.68. The number of likely N-dealkylation sites (tertiary alicyclic amines) is 1. The van der Waals surface area contributed by atoms with Gasteiger partial charge in [0.2, 0.25) is 5.91 Å². The molecule has 0 unspecified atom stereocenters. The van der Waals surface area contributed by atoms with Crippen LogP contribution in [0.25, 0.3) is 0 Å². The first-order chi connectivity index (χ1) is 12.3. The summed E-state index contributed by atoms with van der Waals surface area (Å²) >= 11 is 0. The summed E-state index contributed by atoms with van der Waals surface area (Å²) in [5.74, 6) is -0.994. The molecular formula is C19H26N2O5. The lowest BCUT2D eigenvalue weighted by Gasteiger charge is -2.31. The molecule has 0 spiro atoms. The van der Waals surface area contributed by atoms with Crippen molar-refractivity contribution in [2.75, 3.05) is 33.3 Å². The molecule has 2 rings (SSSR count). The van der Waals surface area contributed by atoms with E-state index < -0.39 is 5.97 Å². The van der Waals surface area contributed by atoms with Crippen LogP contribution in [0.2, 0.25) is 0 Å². The fourth-order valence-corrected chi connectivity index (χ4v) is 2.98. The molecule has 1 aliphatic rings. The van der Waals surface area contributed by atoms with Crippen molar-refractivity contribution in [1.82, 2.24) is 9.80 Å². The summed E-state index contributed by atoms with van der Waals surface area (Å²) in [6.45, 7) is 4.57. The third-order valence-electron chi connectivity index (χ3n) is 4.68. The molecule has 1 saturated heterocycles. The predicted molar refractivity (Wildman–Crippen MR) is 96.0 cm³/mol. The lowest BCUT2D eigenvalue weighted by Crippen LogP contribution is -2.46. The Morgan fingerprint density at radius 1 is 1.23 bits per heavy atom. The number of aryl methyl sites for hydroxylation is 2. The molecule has 1 aromatic carbocycles. The van der Waals surface area contributed by atoms with Crippen molar-refractivity contribution in [3.63, 3.8) is 0 Å². The molecule has 1 aromatic rings. The summed E-state index contributed by atoms with van der Waals surface area (Å²) in [6.07, 6.45) is 0.906. The Kier molecular flexibility index (Phi) is 6.60. The zero-order valence-electron chi connectivity index (χ0n) is 15.5. The van der Waals surface area contributed by atoms with Crippen molar-refractivity contribution in [3.05, 3.63) is 29.3 Å². The quantitative estimate of drug-likeness (QED) is 0.828. The van der Waals surface area contributed by atoms with Crippen LogP contribution in [0.1, 0.15) is 24.0 Å². The molecule has 1 fully saturated rings. The van der Waals surface area contributed by atoms with Gasteiger partial charge in [0.05, 0.1) is 12.5 Å². The monoisotopic (exact) mass is 362 g/mol. The van der Waals surface area contributed by atoms with Crippen LogP contribution in [-0.4, -0.2) is 66.0 Å². The number of hydrogen-bond acceptors (Lipinski definition) is 4. The Morgan fingerprint density at radius 3 is 2.46 bits per heavy atom. The molecule has 0 atom stereocenters. The van der Waals surface area contributed by atoms with Crippen LogP contribution in [0.3, 0.4) is 0 Å². The van der Waals surface area contributed by atoms with Gasteiger partial charge in [-0.3, -0.25) is 14.4 Å². The standard InChI is InChI=1S/C19H26N2O5/c1-13-4-5-16(14(2)10-13)26-12-18(23)20(3)11-17(22)21-8-6-15(7-9-21)19(24)25/h4-5,10,15H,6-9,11-12H2,1-3H3,(H,24,25). The number of carboxylic acids is 1. The number of rotatable bonds is 6. The van der Waals surface area contributed by atoms with E-state index in [1.54, 1.807) is 11.9 Å². The number of likely N-dealkylation sites (N-methyl/N-ethyl adjacent to an activating group) is 1. The Hall–Kier alpha value is -2.57. The molecule has 7 heteroatoms. The van der Waals surface area contributed by atoms with Gasteiger partial charge in [-0.05, 0) is 38.3 Å². The van der Waals surface area contributed by atoms with Crippen LogP contribution in [0, 0.1) is 19.8 Å². The van der Waals surface area contributed by atoms with Crippen molar-refractivity contribution in [1.29, 1.82) is 0 Å². The molecule has 0 saturated carbocycles. The largest absolute Gasteiger partial charge is 0.484 e. The number of aliphatic carboxylic acids is 1. The number of hydrogen-bond donors (Lipinski definition) is 1. The average molecular weight is 362 g/mol. The maximum absolute atomic E-state index is 12.3. The minimum atomic E-state index is -0.812. The van der Waals surface area contributed by atoms with Gasteiger partial charge in [0.25, 0.3) is 5.91 Å². The van der Waals surface area contributed by atoms with Crippen molar-refractivity contribution in [2.24, 2.45) is 5.92 Å². The highest BCUT2D eigenvalue weighted by Crippen LogP contribution is 2.19. The summed E-state index contributed by atoms with van der Waals surface area (Å²) < 4.78 is 5.56. The molecule has 142 valence electrons. The summed E-state index contributed by atoms with van der Waals surface area (Å²) in [5, 5.41) is 9.00. The normalized spacial score (nSPS) is 14.8. The lowest BCUT2D eigenvalue weighted by atomic mass is 9.97. The smallest absolute Gasteiger partial charge is 0.306 e. The van der Waals surface area contributed by atoms with Crippen molar-refractivity contribution in [3.8, 4) is 5.75 Å². The van der Waals surface area contributed by atoms with E-state index in [0.29, 0.717) is 31.7 Å². The SMILES string of the molecule is Cc1ccc(OCC(=O)N(C)CC(=O)N2CCC(C(=O)O)CC2)c(C)c1. The number of carbonyl (C=O) groups is 3. The molecule has 0 aromatic heterocycles. The number of nitrogens with zero attached hydrogens (tertiary/aromatic N) is 2. The van der Waals surface area contributed by atoms with Crippen molar-refractivity contribution >= 4 is 17.8 Å². The highest BCUT2D eigenvalue weighted by molar-refractivity contribution is 5.85. The van der Waals surface area contributed by atoms with Gasteiger partial charge >= 0.3 is 5.97 Å². The maximum Gasteiger partial charge on any atom is 0.306 e. The molecule has 7 nitrogen and oxygen atoms in total. The summed E-state index contributed by atoms with van der Waals surface area (Å²) in [6, 6.07) is 5.73. The minimum Gasteiger partial charge on any atom is -0.484 e. The number of piperidine rings is 1. The Bertz CT molecular complexity index is 681. The molecule has 1 aliphatic heterocycles. The summed E-state index contributed by atoms with van der Waals surface area (Å²) in [5.41, 5.74) is 2.08. The van der Waals surface area contributed by atoms with Crippen LogP contribution in [0.15, 0.2) is 18.2 Å². The zero-order valence-corrected chi connectivity index (χ0v) is 15.5. The van der Waals surface area contributed by atoms with Crippen LogP contribution >= 0.6 is 0 Å². The second-order valence-corrected chi connectivity index (χ2v) is 6.80. The third kappa shape index (κ3) is 5.21.